The monoisotopic (exact) mass is 532 g/mol. The van der Waals surface area contributed by atoms with Gasteiger partial charge in [-0.05, 0) is 46.0 Å². The molecule has 0 aliphatic heterocycles. The fourth-order valence-corrected chi connectivity index (χ4v) is 5.02. The zero-order chi connectivity index (χ0) is 27.3. The fourth-order valence-electron chi connectivity index (χ4n) is 4.68. The maximum Gasteiger partial charge on any atom is 0.422 e. The van der Waals surface area contributed by atoms with Crippen LogP contribution >= 0.6 is 11.6 Å². The average Bonchev–Trinajstić information content (AvgIpc) is 3.06. The molecule has 0 fully saturated rings. The van der Waals surface area contributed by atoms with Gasteiger partial charge in [-0.2, -0.15) is 13.2 Å². The zero-order valence-corrected chi connectivity index (χ0v) is 20.9. The van der Waals surface area contributed by atoms with Crippen molar-refractivity contribution in [2.75, 3.05) is 0 Å². The Morgan fingerprint density at radius 1 is 0.946 bits per heavy atom. The van der Waals surface area contributed by atoms with Crippen molar-refractivity contribution >= 4 is 28.6 Å². The zero-order valence-electron chi connectivity index (χ0n) is 20.2. The summed E-state index contributed by atoms with van der Waals surface area (Å²) >= 11 is 6.46. The van der Waals surface area contributed by atoms with Crippen molar-refractivity contribution in [2.45, 2.75) is 31.0 Å². The van der Waals surface area contributed by atoms with Crippen LogP contribution in [0.15, 0.2) is 65.5 Å². The number of halogens is 4. The number of alkyl halides is 3. The minimum atomic E-state index is -5.06. The van der Waals surface area contributed by atoms with Gasteiger partial charge in [0.15, 0.2) is 5.60 Å². The highest BCUT2D eigenvalue weighted by atomic mass is 35.5. The number of rotatable bonds is 6. The minimum Gasteiger partial charge on any atom is -0.481 e. The number of hydrogen-bond acceptors (Lipinski definition) is 3. The van der Waals surface area contributed by atoms with Gasteiger partial charge in [-0.3, -0.25) is 13.9 Å². The van der Waals surface area contributed by atoms with Crippen LogP contribution in [0.3, 0.4) is 0 Å². The lowest BCUT2D eigenvalue weighted by Crippen LogP contribution is -2.46. The maximum absolute atomic E-state index is 14.5. The highest BCUT2D eigenvalue weighted by Gasteiger charge is 2.59. The van der Waals surface area contributed by atoms with Crippen molar-refractivity contribution < 1.29 is 28.2 Å². The van der Waals surface area contributed by atoms with E-state index in [1.54, 1.807) is 30.3 Å². The van der Waals surface area contributed by atoms with Gasteiger partial charge in [0.1, 0.15) is 0 Å². The molecule has 2 atom stereocenters. The molecule has 0 saturated carbocycles. The summed E-state index contributed by atoms with van der Waals surface area (Å²) in [7, 11) is 2.97. The largest absolute Gasteiger partial charge is 0.481 e. The summed E-state index contributed by atoms with van der Waals surface area (Å²) in [6.07, 6.45) is -5.19. The van der Waals surface area contributed by atoms with Gasteiger partial charge in [0, 0.05) is 25.0 Å². The standard InChI is InChI=1S/C27H24ClF3N2O4/c1-15(20-10-8-18(13-21(20)28)17-6-4-16(5-7-17)12-24(34)35)26(37,27(29,30)31)19-9-11-22-23(14-19)33(3)25(36)32(22)2/h4-11,13-15,37H,12H2,1-3H3,(H,34,35)/t15-,26?/m1/s1. The molecule has 1 unspecified atom stereocenters. The van der Waals surface area contributed by atoms with Crippen molar-refractivity contribution in [3.05, 3.63) is 92.9 Å². The third-order valence-electron chi connectivity index (χ3n) is 6.88. The molecule has 0 radical (unpaired) electrons. The average molecular weight is 533 g/mol. The van der Waals surface area contributed by atoms with Gasteiger partial charge in [-0.1, -0.05) is 61.0 Å². The van der Waals surface area contributed by atoms with E-state index in [1.807, 2.05) is 0 Å². The van der Waals surface area contributed by atoms with Crippen LogP contribution in [0.5, 0.6) is 0 Å². The lowest BCUT2D eigenvalue weighted by Gasteiger charge is -2.37. The van der Waals surface area contributed by atoms with Crippen LogP contribution in [0.1, 0.15) is 29.5 Å². The molecule has 37 heavy (non-hydrogen) atoms. The number of nitrogens with zero attached hydrogens (tertiary/aromatic N) is 2. The highest BCUT2D eigenvalue weighted by Crippen LogP contribution is 2.50. The van der Waals surface area contributed by atoms with Gasteiger partial charge in [0.05, 0.1) is 17.5 Å². The number of aliphatic hydroxyl groups is 1. The Morgan fingerprint density at radius 2 is 1.54 bits per heavy atom. The number of aromatic nitrogens is 2. The molecule has 194 valence electrons. The van der Waals surface area contributed by atoms with Gasteiger partial charge in [-0.25, -0.2) is 4.79 Å². The first-order chi connectivity index (χ1) is 17.3. The minimum absolute atomic E-state index is 0.0375. The van der Waals surface area contributed by atoms with Crippen LogP contribution in [0.2, 0.25) is 5.02 Å². The molecule has 4 aromatic rings. The Hall–Kier alpha value is -3.56. The van der Waals surface area contributed by atoms with E-state index in [-0.39, 0.29) is 22.5 Å². The fraction of sp³-hybridized carbons (Fsp3) is 0.259. The van der Waals surface area contributed by atoms with E-state index in [0.29, 0.717) is 22.2 Å². The molecule has 0 aliphatic carbocycles. The van der Waals surface area contributed by atoms with Crippen LogP contribution in [0, 0.1) is 0 Å². The molecular weight excluding hydrogens is 509 g/mol. The second-order valence-corrected chi connectivity index (χ2v) is 9.50. The normalized spacial score (nSPS) is 14.5. The second kappa shape index (κ2) is 9.39. The quantitative estimate of drug-likeness (QED) is 0.349. The number of benzene rings is 3. The number of carboxylic acid groups (broad SMARTS) is 1. The first-order valence-corrected chi connectivity index (χ1v) is 11.7. The van der Waals surface area contributed by atoms with Gasteiger partial charge in [0.25, 0.3) is 0 Å². The van der Waals surface area contributed by atoms with E-state index in [0.717, 1.165) is 0 Å². The Morgan fingerprint density at radius 3 is 2.11 bits per heavy atom. The lowest BCUT2D eigenvalue weighted by atomic mass is 9.77. The molecular formula is C27H24ClF3N2O4. The SMILES string of the molecule is C[C@H](c1ccc(-c2ccc(CC(=O)O)cc2)cc1Cl)C(O)(c1ccc2c(c1)n(C)c(=O)n2C)C(F)(F)F. The number of fused-ring (bicyclic) bond motifs is 1. The molecule has 0 spiro atoms. The Balaban J connectivity index is 1.76. The second-order valence-electron chi connectivity index (χ2n) is 9.09. The van der Waals surface area contributed by atoms with Crippen LogP contribution in [-0.4, -0.2) is 31.5 Å². The highest BCUT2D eigenvalue weighted by molar-refractivity contribution is 6.31. The lowest BCUT2D eigenvalue weighted by molar-refractivity contribution is -0.274. The summed E-state index contributed by atoms with van der Waals surface area (Å²) < 4.78 is 46.1. The maximum atomic E-state index is 14.5. The van der Waals surface area contributed by atoms with Gasteiger partial charge in [0.2, 0.25) is 0 Å². The first kappa shape index (κ1) is 26.5. The van der Waals surface area contributed by atoms with E-state index in [2.05, 4.69) is 0 Å². The van der Waals surface area contributed by atoms with Crippen molar-refractivity contribution in [3.63, 3.8) is 0 Å². The predicted molar refractivity (Wildman–Crippen MR) is 135 cm³/mol. The topological polar surface area (TPSA) is 84.5 Å². The van der Waals surface area contributed by atoms with Crippen molar-refractivity contribution in [2.24, 2.45) is 14.1 Å². The molecule has 10 heteroatoms. The van der Waals surface area contributed by atoms with E-state index in [1.165, 1.54) is 60.5 Å². The summed E-state index contributed by atoms with van der Waals surface area (Å²) in [6.45, 7) is 1.25. The van der Waals surface area contributed by atoms with Crippen LogP contribution in [0.25, 0.3) is 22.2 Å². The third-order valence-corrected chi connectivity index (χ3v) is 7.21. The summed E-state index contributed by atoms with van der Waals surface area (Å²) in [5.41, 5.74) is -1.38. The molecule has 0 amide bonds. The molecule has 4 rings (SSSR count). The number of aryl methyl sites for hydroxylation is 2. The van der Waals surface area contributed by atoms with Crippen LogP contribution in [-0.2, 0) is 30.9 Å². The van der Waals surface area contributed by atoms with Crippen molar-refractivity contribution in [3.8, 4) is 11.1 Å². The first-order valence-electron chi connectivity index (χ1n) is 11.3. The summed E-state index contributed by atoms with van der Waals surface area (Å²) in [5, 5.41) is 20.2. The summed E-state index contributed by atoms with van der Waals surface area (Å²) in [4.78, 5) is 23.1. The molecule has 6 nitrogen and oxygen atoms in total. The number of carboxylic acids is 1. The van der Waals surface area contributed by atoms with Crippen LogP contribution < -0.4 is 5.69 Å². The van der Waals surface area contributed by atoms with Crippen LogP contribution in [0.4, 0.5) is 13.2 Å². The summed E-state index contributed by atoms with van der Waals surface area (Å²) in [5.74, 6) is -2.45. The van der Waals surface area contributed by atoms with E-state index < -0.39 is 34.9 Å². The molecule has 0 aliphatic rings. The molecule has 0 bridgehead atoms. The number of carbonyl (C=O) groups is 1. The molecule has 1 aromatic heterocycles. The smallest absolute Gasteiger partial charge is 0.422 e. The number of hydrogen-bond donors (Lipinski definition) is 2. The number of aliphatic carboxylic acids is 1. The van der Waals surface area contributed by atoms with E-state index >= 15 is 0 Å². The van der Waals surface area contributed by atoms with E-state index in [9.17, 15) is 27.9 Å². The Labute approximate surface area is 215 Å². The summed E-state index contributed by atoms with van der Waals surface area (Å²) in [6, 6.07) is 15.0. The molecule has 0 saturated heterocycles. The van der Waals surface area contributed by atoms with Gasteiger partial charge >= 0.3 is 17.8 Å². The van der Waals surface area contributed by atoms with E-state index in [4.69, 9.17) is 16.7 Å². The Bertz CT molecular complexity index is 1560. The van der Waals surface area contributed by atoms with Crippen molar-refractivity contribution in [1.82, 2.24) is 9.13 Å². The number of imidazole rings is 1. The van der Waals surface area contributed by atoms with Crippen molar-refractivity contribution in [1.29, 1.82) is 0 Å². The third kappa shape index (κ3) is 4.53. The molecule has 1 heterocycles. The Kier molecular flexibility index (Phi) is 6.73. The molecule has 3 aromatic carbocycles. The predicted octanol–water partition coefficient (Wildman–Crippen LogP) is 5.38. The molecule has 2 N–H and O–H groups in total. The van der Waals surface area contributed by atoms with Gasteiger partial charge < -0.3 is 10.2 Å². The van der Waals surface area contributed by atoms with Gasteiger partial charge in [-0.15, -0.1) is 0 Å².